The van der Waals surface area contributed by atoms with Crippen LogP contribution >= 0.6 is 11.6 Å². The largest absolute Gasteiger partial charge is 0.465 e. The number of amides is 1. The fraction of sp³-hybridized carbons (Fsp3) is 0.361. The van der Waals surface area contributed by atoms with Crippen LogP contribution in [0.5, 0.6) is 0 Å². The molecule has 6 rings (SSSR count). The fourth-order valence-electron chi connectivity index (χ4n) is 7.08. The second-order valence-corrected chi connectivity index (χ2v) is 17.9. The molecule has 8 nitrogen and oxygen atoms in total. The van der Waals surface area contributed by atoms with Crippen LogP contribution in [0.1, 0.15) is 37.6 Å². The van der Waals surface area contributed by atoms with E-state index >= 15 is 0 Å². The van der Waals surface area contributed by atoms with Crippen molar-refractivity contribution in [3.05, 3.63) is 113 Å². The number of hydrogen-bond donors (Lipinski definition) is 1. The molecule has 1 amide bonds. The van der Waals surface area contributed by atoms with Gasteiger partial charge in [0.2, 0.25) is 5.28 Å². The van der Waals surface area contributed by atoms with Gasteiger partial charge in [0.15, 0.2) is 0 Å². The van der Waals surface area contributed by atoms with Gasteiger partial charge in [-0.05, 0) is 39.0 Å². The molecule has 2 aliphatic rings. The highest BCUT2D eigenvalue weighted by Crippen LogP contribution is 2.38. The number of anilines is 1. The van der Waals surface area contributed by atoms with Crippen molar-refractivity contribution in [2.75, 3.05) is 37.7 Å². The number of carbonyl (C=O) groups is 1. The number of nitrogens with zero attached hydrogens (tertiary/aromatic N) is 5. The Hall–Kier alpha value is -3.76. The zero-order valence-electron chi connectivity index (χ0n) is 26.8. The number of halogens is 1. The maximum Gasteiger partial charge on any atom is 0.407 e. The molecular weight excluding hydrogens is 614 g/mol. The van der Waals surface area contributed by atoms with E-state index in [1.807, 2.05) is 18.2 Å². The van der Waals surface area contributed by atoms with Gasteiger partial charge in [0.1, 0.15) is 5.82 Å². The van der Waals surface area contributed by atoms with E-state index in [0.29, 0.717) is 32.8 Å². The Bertz CT molecular complexity index is 1600. The van der Waals surface area contributed by atoms with Gasteiger partial charge < -0.3 is 19.3 Å². The average molecular weight is 656 g/mol. The minimum atomic E-state index is -2.86. The lowest BCUT2D eigenvalue weighted by Crippen LogP contribution is -2.68. The van der Waals surface area contributed by atoms with Crippen molar-refractivity contribution in [2.24, 2.45) is 0 Å². The number of aromatic nitrogens is 2. The van der Waals surface area contributed by atoms with E-state index in [1.54, 1.807) is 0 Å². The molecule has 0 unspecified atom stereocenters. The van der Waals surface area contributed by atoms with Gasteiger partial charge in [-0.25, -0.2) is 14.8 Å². The Kier molecular flexibility index (Phi) is 9.47. The van der Waals surface area contributed by atoms with Gasteiger partial charge in [0, 0.05) is 44.8 Å². The van der Waals surface area contributed by atoms with E-state index in [1.165, 1.54) is 20.8 Å². The molecule has 0 saturated carbocycles. The molecule has 1 atom stereocenters. The lowest BCUT2D eigenvalue weighted by atomic mass is 10.0. The van der Waals surface area contributed by atoms with Crippen LogP contribution in [0.15, 0.2) is 91.0 Å². The molecule has 46 heavy (non-hydrogen) atoms. The molecule has 1 saturated heterocycles. The van der Waals surface area contributed by atoms with Crippen LogP contribution in [0.3, 0.4) is 0 Å². The van der Waals surface area contributed by atoms with E-state index in [-0.39, 0.29) is 16.4 Å². The zero-order valence-corrected chi connectivity index (χ0v) is 28.5. The number of benzene rings is 3. The Morgan fingerprint density at radius 3 is 2.11 bits per heavy atom. The molecule has 3 aromatic carbocycles. The molecule has 10 heteroatoms. The van der Waals surface area contributed by atoms with Crippen molar-refractivity contribution in [3.8, 4) is 0 Å². The van der Waals surface area contributed by atoms with Gasteiger partial charge in [0.25, 0.3) is 8.32 Å². The van der Waals surface area contributed by atoms with Crippen molar-refractivity contribution in [1.82, 2.24) is 19.8 Å². The summed E-state index contributed by atoms with van der Waals surface area (Å²) in [6.07, 6.45) is -0.134. The summed E-state index contributed by atoms with van der Waals surface area (Å²) in [5.41, 5.74) is 3.29. The number of carboxylic acid groups (broad SMARTS) is 1. The van der Waals surface area contributed by atoms with Crippen molar-refractivity contribution < 1.29 is 14.3 Å². The minimum absolute atomic E-state index is 0.207. The Balaban J connectivity index is 1.35. The predicted octanol–water partition coefficient (Wildman–Crippen LogP) is 5.43. The van der Waals surface area contributed by atoms with Crippen LogP contribution in [0.2, 0.25) is 10.3 Å². The van der Waals surface area contributed by atoms with Crippen LogP contribution < -0.4 is 15.3 Å². The van der Waals surface area contributed by atoms with Gasteiger partial charge >= 0.3 is 6.09 Å². The molecule has 3 heterocycles. The second-order valence-electron chi connectivity index (χ2n) is 13.2. The first kappa shape index (κ1) is 32.2. The molecular formula is C36H42ClN5O3Si. The van der Waals surface area contributed by atoms with Crippen molar-refractivity contribution in [2.45, 2.75) is 51.4 Å². The summed E-state index contributed by atoms with van der Waals surface area (Å²) in [6.45, 7) is 10.7. The lowest BCUT2D eigenvalue weighted by molar-refractivity contribution is 0.125. The second kappa shape index (κ2) is 13.5. The van der Waals surface area contributed by atoms with Crippen LogP contribution in [-0.4, -0.2) is 78.1 Å². The number of rotatable bonds is 8. The van der Waals surface area contributed by atoms with Gasteiger partial charge in [-0.15, -0.1) is 0 Å². The molecule has 1 fully saturated rings. The van der Waals surface area contributed by atoms with E-state index in [4.69, 9.17) is 21.0 Å². The van der Waals surface area contributed by atoms with E-state index < -0.39 is 14.4 Å². The van der Waals surface area contributed by atoms with Crippen LogP contribution in [0, 0.1) is 0 Å². The number of fused-ring (bicyclic) bond motifs is 1. The third-order valence-corrected chi connectivity index (χ3v) is 14.5. The smallest absolute Gasteiger partial charge is 0.407 e. The Morgan fingerprint density at radius 1 is 0.913 bits per heavy atom. The predicted molar refractivity (Wildman–Crippen MR) is 186 cm³/mol. The molecule has 0 bridgehead atoms. The first-order valence-corrected chi connectivity index (χ1v) is 18.3. The minimum Gasteiger partial charge on any atom is -0.465 e. The monoisotopic (exact) mass is 655 g/mol. The number of hydrogen-bond acceptors (Lipinski definition) is 6. The van der Waals surface area contributed by atoms with Crippen molar-refractivity contribution >= 4 is 42.2 Å². The fourth-order valence-corrected chi connectivity index (χ4v) is 11.9. The summed E-state index contributed by atoms with van der Waals surface area (Å²) in [6, 6.07) is 31.3. The zero-order chi connectivity index (χ0) is 32.3. The third-order valence-electron chi connectivity index (χ3n) is 9.28. The average Bonchev–Trinajstić information content (AvgIpc) is 3.05. The summed E-state index contributed by atoms with van der Waals surface area (Å²) in [5, 5.41) is 12.4. The molecule has 1 aromatic heterocycles. The maximum absolute atomic E-state index is 12.2. The van der Waals surface area contributed by atoms with Gasteiger partial charge in [-0.3, -0.25) is 4.90 Å². The molecule has 0 radical (unpaired) electrons. The van der Waals surface area contributed by atoms with E-state index in [9.17, 15) is 9.90 Å². The van der Waals surface area contributed by atoms with Crippen LogP contribution in [0.25, 0.3) is 0 Å². The maximum atomic E-state index is 12.2. The summed E-state index contributed by atoms with van der Waals surface area (Å²) in [4.78, 5) is 27.8. The van der Waals surface area contributed by atoms with Crippen molar-refractivity contribution in [1.29, 1.82) is 0 Å². The summed E-state index contributed by atoms with van der Waals surface area (Å²) in [5.74, 6) is 0.801. The number of piperazine rings is 1. The first-order chi connectivity index (χ1) is 22.2. The normalized spacial score (nSPS) is 17.5. The quantitative estimate of drug-likeness (QED) is 0.200. The highest BCUT2D eigenvalue weighted by molar-refractivity contribution is 6.99. The Labute approximate surface area is 277 Å². The van der Waals surface area contributed by atoms with Crippen LogP contribution in [-0.2, 0) is 23.9 Å². The molecule has 0 spiro atoms. The summed E-state index contributed by atoms with van der Waals surface area (Å²) >= 11 is 6.61. The van der Waals surface area contributed by atoms with Gasteiger partial charge in [-0.2, -0.15) is 0 Å². The van der Waals surface area contributed by atoms with Crippen LogP contribution in [0.4, 0.5) is 10.6 Å². The topological polar surface area (TPSA) is 82.0 Å². The molecule has 2 aliphatic heterocycles. The van der Waals surface area contributed by atoms with Gasteiger partial charge in [0.05, 0.1) is 18.3 Å². The SMILES string of the molecule is CC(C)(C)[Si](OC[C@@H]1CN(C(=O)O)CCN1c1nc(Cl)nc2c1CCN(Cc1ccccc1)C2)(c1ccccc1)c1ccccc1. The highest BCUT2D eigenvalue weighted by atomic mass is 35.5. The standard InChI is InChI=1S/C36H42ClN5O3Si/c1-36(2,3)46(29-15-9-5-10-16-29,30-17-11-6-12-18-30)45-26-28-24-41(35(43)44)21-22-42(28)33-31-19-20-40(23-27-13-7-4-8-14-27)25-32(31)38-34(37)39-33/h4-18,28H,19-26H2,1-3H3,(H,43,44)/t28-/m0/s1. The van der Waals surface area contributed by atoms with Gasteiger partial charge in [-0.1, -0.05) is 112 Å². The first-order valence-electron chi connectivity index (χ1n) is 16.0. The molecule has 0 aliphatic carbocycles. The summed E-state index contributed by atoms with van der Waals surface area (Å²) in [7, 11) is -2.86. The molecule has 1 N–H and O–H groups in total. The third kappa shape index (κ3) is 6.55. The lowest BCUT2D eigenvalue weighted by Gasteiger charge is -2.47. The van der Waals surface area contributed by atoms with Crippen molar-refractivity contribution in [3.63, 3.8) is 0 Å². The highest BCUT2D eigenvalue weighted by Gasteiger charge is 2.51. The summed E-state index contributed by atoms with van der Waals surface area (Å²) < 4.78 is 7.34. The van der Waals surface area contributed by atoms with E-state index in [2.05, 4.69) is 108 Å². The Morgan fingerprint density at radius 2 is 1.52 bits per heavy atom. The van der Waals surface area contributed by atoms with E-state index in [0.717, 1.165) is 36.6 Å². The molecule has 4 aromatic rings. The molecule has 240 valence electrons.